The van der Waals surface area contributed by atoms with Crippen molar-refractivity contribution >= 4 is 36.5 Å². The van der Waals surface area contributed by atoms with E-state index < -0.39 is 0 Å². The first-order valence-electron chi connectivity index (χ1n) is 8.13. The van der Waals surface area contributed by atoms with E-state index >= 15 is 0 Å². The Morgan fingerprint density at radius 3 is 2.31 bits per heavy atom. The molecule has 10 heteroatoms. The first-order chi connectivity index (χ1) is 11.5. The van der Waals surface area contributed by atoms with Crippen molar-refractivity contribution < 1.29 is 4.79 Å². The number of hydrogen-bond acceptors (Lipinski definition) is 6. The molecular formula is C16H25Cl2N7O. The van der Waals surface area contributed by atoms with Gasteiger partial charge in [-0.2, -0.15) is 9.78 Å². The second-order valence-electron chi connectivity index (χ2n) is 6.11. The summed E-state index contributed by atoms with van der Waals surface area (Å²) in [6, 6.07) is 3.74. The molecule has 0 radical (unpaired) electrons. The van der Waals surface area contributed by atoms with Crippen LogP contribution in [0.2, 0.25) is 0 Å². The van der Waals surface area contributed by atoms with Gasteiger partial charge in [-0.15, -0.1) is 24.8 Å². The highest BCUT2D eigenvalue weighted by Crippen LogP contribution is 2.15. The summed E-state index contributed by atoms with van der Waals surface area (Å²) in [6.45, 7) is 9.68. The molecule has 1 aliphatic rings. The highest BCUT2D eigenvalue weighted by molar-refractivity contribution is 5.91. The Labute approximate surface area is 165 Å². The fraction of sp³-hybridized carbons (Fsp3) is 0.500. The zero-order valence-electron chi connectivity index (χ0n) is 15.2. The SMILES string of the molecule is Cc1cc(C)nc(-n2nc(C)cc2NC(=O)CN2CCNCC2)n1.Cl.Cl. The fourth-order valence-corrected chi connectivity index (χ4v) is 2.80. The summed E-state index contributed by atoms with van der Waals surface area (Å²) in [7, 11) is 0. The molecule has 1 amide bonds. The number of aromatic nitrogens is 4. The molecular weight excluding hydrogens is 377 g/mol. The summed E-state index contributed by atoms with van der Waals surface area (Å²) in [6.07, 6.45) is 0. The number of carbonyl (C=O) groups is 1. The van der Waals surface area contributed by atoms with Crippen LogP contribution in [0.5, 0.6) is 0 Å². The Kier molecular flexibility index (Phi) is 8.42. The summed E-state index contributed by atoms with van der Waals surface area (Å²) in [5.74, 6) is 1.01. The molecule has 2 aromatic rings. The average Bonchev–Trinajstić information content (AvgIpc) is 2.87. The molecule has 1 aliphatic heterocycles. The molecule has 1 saturated heterocycles. The maximum absolute atomic E-state index is 12.4. The van der Waals surface area contributed by atoms with Gasteiger partial charge < -0.3 is 10.6 Å². The van der Waals surface area contributed by atoms with E-state index in [4.69, 9.17) is 0 Å². The minimum absolute atomic E-state index is 0. The van der Waals surface area contributed by atoms with Crippen LogP contribution in [0.3, 0.4) is 0 Å². The molecule has 3 heterocycles. The predicted molar refractivity (Wildman–Crippen MR) is 106 cm³/mol. The Morgan fingerprint density at radius 1 is 1.08 bits per heavy atom. The summed E-state index contributed by atoms with van der Waals surface area (Å²) >= 11 is 0. The Balaban J connectivity index is 0.00000169. The average molecular weight is 402 g/mol. The normalized spacial score (nSPS) is 14.3. The van der Waals surface area contributed by atoms with E-state index in [0.717, 1.165) is 43.3 Å². The van der Waals surface area contributed by atoms with Crippen LogP contribution < -0.4 is 10.6 Å². The number of amides is 1. The topological polar surface area (TPSA) is 88.0 Å². The van der Waals surface area contributed by atoms with E-state index in [0.29, 0.717) is 18.3 Å². The standard InChI is InChI=1S/C16H23N7O.2ClH/c1-11-8-12(2)19-16(18-11)23-14(9-13(3)21-23)20-15(24)10-22-6-4-17-5-7-22;;/h8-9,17H,4-7,10H2,1-3H3,(H,20,24);2*1H. The number of piperazine rings is 1. The molecule has 0 bridgehead atoms. The molecule has 3 rings (SSSR count). The van der Waals surface area contributed by atoms with Crippen LogP contribution in [0.25, 0.3) is 5.95 Å². The van der Waals surface area contributed by atoms with Crippen LogP contribution in [0, 0.1) is 20.8 Å². The van der Waals surface area contributed by atoms with E-state index in [-0.39, 0.29) is 30.7 Å². The smallest absolute Gasteiger partial charge is 0.252 e. The molecule has 8 nitrogen and oxygen atoms in total. The Hall–Kier alpha value is -1.74. The van der Waals surface area contributed by atoms with Gasteiger partial charge >= 0.3 is 0 Å². The van der Waals surface area contributed by atoms with Crippen molar-refractivity contribution in [1.29, 1.82) is 0 Å². The molecule has 0 aliphatic carbocycles. The van der Waals surface area contributed by atoms with Crippen molar-refractivity contribution in [2.75, 3.05) is 38.0 Å². The molecule has 144 valence electrons. The van der Waals surface area contributed by atoms with E-state index in [2.05, 4.69) is 30.6 Å². The van der Waals surface area contributed by atoms with Gasteiger partial charge in [-0.25, -0.2) is 9.97 Å². The van der Waals surface area contributed by atoms with Crippen LogP contribution in [-0.4, -0.2) is 63.3 Å². The van der Waals surface area contributed by atoms with Crippen LogP contribution in [-0.2, 0) is 4.79 Å². The zero-order chi connectivity index (χ0) is 17.1. The first-order valence-corrected chi connectivity index (χ1v) is 8.13. The number of nitrogens with zero attached hydrogens (tertiary/aromatic N) is 5. The van der Waals surface area contributed by atoms with Crippen molar-refractivity contribution in [3.8, 4) is 5.95 Å². The Morgan fingerprint density at radius 2 is 1.69 bits per heavy atom. The highest BCUT2D eigenvalue weighted by atomic mass is 35.5. The van der Waals surface area contributed by atoms with Crippen molar-refractivity contribution in [3.05, 3.63) is 29.2 Å². The number of rotatable bonds is 4. The summed E-state index contributed by atoms with van der Waals surface area (Å²) in [4.78, 5) is 23.3. The minimum atomic E-state index is -0.0533. The molecule has 0 spiro atoms. The summed E-state index contributed by atoms with van der Waals surface area (Å²) < 4.78 is 1.59. The minimum Gasteiger partial charge on any atom is -0.314 e. The predicted octanol–water partition coefficient (Wildman–Crippen LogP) is 1.27. The molecule has 1 fully saturated rings. The van der Waals surface area contributed by atoms with Crippen LogP contribution in [0.4, 0.5) is 5.82 Å². The van der Waals surface area contributed by atoms with Gasteiger partial charge in [0, 0.05) is 43.6 Å². The Bertz CT molecular complexity index is 724. The van der Waals surface area contributed by atoms with Gasteiger partial charge in [0.2, 0.25) is 5.91 Å². The lowest BCUT2D eigenvalue weighted by Gasteiger charge is -2.26. The maximum atomic E-state index is 12.4. The zero-order valence-corrected chi connectivity index (χ0v) is 16.8. The number of aryl methyl sites for hydroxylation is 3. The van der Waals surface area contributed by atoms with Gasteiger partial charge in [-0.1, -0.05) is 0 Å². The molecule has 2 N–H and O–H groups in total. The largest absolute Gasteiger partial charge is 0.314 e. The van der Waals surface area contributed by atoms with Gasteiger partial charge in [0.25, 0.3) is 5.95 Å². The monoisotopic (exact) mass is 401 g/mol. The van der Waals surface area contributed by atoms with Crippen molar-refractivity contribution in [2.45, 2.75) is 20.8 Å². The number of anilines is 1. The van der Waals surface area contributed by atoms with Gasteiger partial charge in [0.15, 0.2) is 0 Å². The van der Waals surface area contributed by atoms with E-state index in [9.17, 15) is 4.79 Å². The molecule has 0 atom stereocenters. The van der Waals surface area contributed by atoms with Crippen molar-refractivity contribution in [3.63, 3.8) is 0 Å². The first kappa shape index (κ1) is 22.3. The number of nitrogens with one attached hydrogen (secondary N) is 2. The molecule has 0 saturated carbocycles. The molecule has 0 aromatic carbocycles. The van der Waals surface area contributed by atoms with Crippen molar-refractivity contribution in [2.24, 2.45) is 0 Å². The van der Waals surface area contributed by atoms with E-state index in [1.807, 2.05) is 32.9 Å². The third-order valence-electron chi connectivity index (χ3n) is 3.84. The maximum Gasteiger partial charge on any atom is 0.252 e. The second kappa shape index (κ2) is 9.82. The lowest BCUT2D eigenvalue weighted by atomic mass is 10.3. The number of hydrogen-bond donors (Lipinski definition) is 2. The third-order valence-corrected chi connectivity index (χ3v) is 3.84. The lowest BCUT2D eigenvalue weighted by Crippen LogP contribution is -2.46. The van der Waals surface area contributed by atoms with Crippen molar-refractivity contribution in [1.82, 2.24) is 30.0 Å². The van der Waals surface area contributed by atoms with Gasteiger partial charge in [-0.05, 0) is 26.8 Å². The lowest BCUT2D eigenvalue weighted by molar-refractivity contribution is -0.117. The molecule has 26 heavy (non-hydrogen) atoms. The summed E-state index contributed by atoms with van der Waals surface area (Å²) in [5, 5.41) is 10.6. The van der Waals surface area contributed by atoms with Gasteiger partial charge in [-0.3, -0.25) is 9.69 Å². The summed E-state index contributed by atoms with van der Waals surface area (Å²) in [5.41, 5.74) is 2.53. The highest BCUT2D eigenvalue weighted by Gasteiger charge is 2.17. The quantitative estimate of drug-likeness (QED) is 0.801. The van der Waals surface area contributed by atoms with Crippen LogP contribution in [0.1, 0.15) is 17.1 Å². The molecule has 0 unspecified atom stereocenters. The van der Waals surface area contributed by atoms with Gasteiger partial charge in [0.05, 0.1) is 12.2 Å². The van der Waals surface area contributed by atoms with Crippen LogP contribution in [0.15, 0.2) is 12.1 Å². The van der Waals surface area contributed by atoms with Gasteiger partial charge in [0.1, 0.15) is 5.82 Å². The second-order valence-corrected chi connectivity index (χ2v) is 6.11. The number of carbonyl (C=O) groups excluding carboxylic acids is 1. The number of halogens is 2. The fourth-order valence-electron chi connectivity index (χ4n) is 2.80. The molecule has 2 aromatic heterocycles. The van der Waals surface area contributed by atoms with E-state index in [1.54, 1.807) is 4.68 Å². The van der Waals surface area contributed by atoms with E-state index in [1.165, 1.54) is 0 Å². The third kappa shape index (κ3) is 5.63. The van der Waals surface area contributed by atoms with Crippen LogP contribution >= 0.6 is 24.8 Å².